The zero-order valence-electron chi connectivity index (χ0n) is 14.4. The van der Waals surface area contributed by atoms with E-state index in [-0.39, 0.29) is 42.2 Å². The van der Waals surface area contributed by atoms with Crippen molar-refractivity contribution in [1.29, 1.82) is 0 Å². The van der Waals surface area contributed by atoms with Crippen molar-refractivity contribution in [2.75, 3.05) is 6.61 Å². The highest BCUT2D eigenvalue weighted by Crippen LogP contribution is 2.24. The van der Waals surface area contributed by atoms with Crippen LogP contribution in [0.2, 0.25) is 0 Å². The van der Waals surface area contributed by atoms with Gasteiger partial charge in [0.05, 0.1) is 19.4 Å². The monoisotopic (exact) mass is 340 g/mol. The van der Waals surface area contributed by atoms with Gasteiger partial charge in [-0.15, -0.1) is 0 Å². The number of esters is 1. The quantitative estimate of drug-likeness (QED) is 0.773. The van der Waals surface area contributed by atoms with E-state index < -0.39 is 5.97 Å². The molecular weight excluding hydrogens is 312 g/mol. The fourth-order valence-electron chi connectivity index (χ4n) is 3.17. The maximum absolute atomic E-state index is 11.3. The van der Waals surface area contributed by atoms with Gasteiger partial charge < -0.3 is 9.84 Å². The van der Waals surface area contributed by atoms with Crippen LogP contribution in [0, 0.1) is 11.8 Å². The zero-order valence-corrected chi connectivity index (χ0v) is 14.4. The smallest absolute Gasteiger partial charge is 0.306 e. The van der Waals surface area contributed by atoms with E-state index >= 15 is 0 Å². The Kier molecular flexibility index (Phi) is 9.27. The zero-order chi connectivity index (χ0) is 17.9. The van der Waals surface area contributed by atoms with E-state index in [1.807, 2.05) is 0 Å². The number of Topliss-reactive ketones (excluding diaryl/α,β-unsaturated/α-hetero) is 2. The highest BCUT2D eigenvalue weighted by Gasteiger charge is 2.25. The summed E-state index contributed by atoms with van der Waals surface area (Å²) in [7, 11) is 0. The Morgan fingerprint density at radius 2 is 1.46 bits per heavy atom. The van der Waals surface area contributed by atoms with Gasteiger partial charge in [-0.3, -0.25) is 19.2 Å². The molecule has 24 heavy (non-hydrogen) atoms. The fourth-order valence-corrected chi connectivity index (χ4v) is 3.17. The molecule has 0 amide bonds. The van der Waals surface area contributed by atoms with Gasteiger partial charge in [-0.1, -0.05) is 12.8 Å². The Bertz CT molecular complexity index is 456. The lowest BCUT2D eigenvalue weighted by atomic mass is 9.86. The lowest BCUT2D eigenvalue weighted by molar-refractivity contribution is -0.146. The van der Waals surface area contributed by atoms with Crippen LogP contribution in [0.1, 0.15) is 71.1 Å². The molecule has 136 valence electrons. The number of carbonyl (C=O) groups is 4. The van der Waals surface area contributed by atoms with Crippen LogP contribution >= 0.6 is 0 Å². The van der Waals surface area contributed by atoms with E-state index in [4.69, 9.17) is 9.84 Å². The molecule has 0 saturated heterocycles. The van der Waals surface area contributed by atoms with Crippen molar-refractivity contribution in [3.63, 3.8) is 0 Å². The van der Waals surface area contributed by atoms with Crippen LogP contribution in [-0.2, 0) is 23.9 Å². The maximum atomic E-state index is 11.3. The number of hydrogen-bond donors (Lipinski definition) is 1. The van der Waals surface area contributed by atoms with E-state index in [1.54, 1.807) is 6.92 Å². The molecule has 0 bridgehead atoms. The van der Waals surface area contributed by atoms with Crippen LogP contribution < -0.4 is 0 Å². The van der Waals surface area contributed by atoms with Crippen LogP contribution in [-0.4, -0.2) is 35.2 Å². The predicted molar refractivity (Wildman–Crippen MR) is 87.4 cm³/mol. The van der Waals surface area contributed by atoms with Gasteiger partial charge in [0.25, 0.3) is 0 Å². The van der Waals surface area contributed by atoms with Gasteiger partial charge in [0.2, 0.25) is 0 Å². The summed E-state index contributed by atoms with van der Waals surface area (Å²) >= 11 is 0. The van der Waals surface area contributed by atoms with Crippen LogP contribution in [0.15, 0.2) is 0 Å². The highest BCUT2D eigenvalue weighted by molar-refractivity contribution is 5.86. The third kappa shape index (κ3) is 7.70. The van der Waals surface area contributed by atoms with Gasteiger partial charge in [-0.2, -0.15) is 0 Å². The summed E-state index contributed by atoms with van der Waals surface area (Å²) in [5.41, 5.74) is 0. The molecule has 0 heterocycles. The van der Waals surface area contributed by atoms with Gasteiger partial charge in [-0.05, 0) is 32.6 Å². The third-order valence-corrected chi connectivity index (χ3v) is 4.50. The van der Waals surface area contributed by atoms with Crippen LogP contribution in [0.5, 0.6) is 0 Å². The van der Waals surface area contributed by atoms with Gasteiger partial charge in [0.1, 0.15) is 11.6 Å². The largest absolute Gasteiger partial charge is 0.481 e. The minimum atomic E-state index is -0.856. The molecular formula is C18H28O6. The van der Waals surface area contributed by atoms with Crippen molar-refractivity contribution >= 4 is 23.5 Å². The van der Waals surface area contributed by atoms with Crippen LogP contribution in [0.25, 0.3) is 0 Å². The van der Waals surface area contributed by atoms with Crippen molar-refractivity contribution in [1.82, 2.24) is 0 Å². The first kappa shape index (κ1) is 20.3. The van der Waals surface area contributed by atoms with Gasteiger partial charge in [-0.25, -0.2) is 0 Å². The number of aliphatic carboxylic acids is 1. The average Bonchev–Trinajstić information content (AvgIpc) is 2.52. The number of ether oxygens (including phenoxy) is 1. The molecule has 1 N–H and O–H groups in total. The lowest BCUT2D eigenvalue weighted by Crippen LogP contribution is -2.22. The molecule has 2 aliphatic carbocycles. The minimum absolute atomic E-state index is 0.0266. The molecule has 0 aromatic heterocycles. The van der Waals surface area contributed by atoms with Crippen molar-refractivity contribution in [3.05, 3.63) is 0 Å². The molecule has 6 nitrogen and oxygen atoms in total. The molecule has 2 rings (SSSR count). The first-order valence-electron chi connectivity index (χ1n) is 8.86. The number of ketones is 2. The topological polar surface area (TPSA) is 97.7 Å². The van der Waals surface area contributed by atoms with Crippen molar-refractivity contribution in [2.24, 2.45) is 11.8 Å². The normalized spacial score (nSPS) is 23.9. The van der Waals surface area contributed by atoms with E-state index in [0.29, 0.717) is 19.4 Å². The number of rotatable bonds is 5. The van der Waals surface area contributed by atoms with Crippen molar-refractivity contribution in [3.8, 4) is 0 Å². The Balaban J connectivity index is 0.000000243. The fraction of sp³-hybridized carbons (Fsp3) is 0.778. The third-order valence-electron chi connectivity index (χ3n) is 4.50. The molecule has 2 aliphatic rings. The summed E-state index contributed by atoms with van der Waals surface area (Å²) in [6.07, 6.45) is 7.16. The molecule has 2 saturated carbocycles. The van der Waals surface area contributed by atoms with Crippen molar-refractivity contribution in [2.45, 2.75) is 71.1 Å². The summed E-state index contributed by atoms with van der Waals surface area (Å²) < 4.78 is 4.80. The Labute approximate surface area is 142 Å². The maximum Gasteiger partial charge on any atom is 0.306 e. The van der Waals surface area contributed by atoms with E-state index in [1.165, 1.54) is 0 Å². The highest BCUT2D eigenvalue weighted by atomic mass is 16.5. The molecule has 0 radical (unpaired) electrons. The first-order valence-corrected chi connectivity index (χ1v) is 8.86. The van der Waals surface area contributed by atoms with Gasteiger partial charge in [0, 0.05) is 24.7 Å². The molecule has 0 aromatic rings. The molecule has 6 heteroatoms. The van der Waals surface area contributed by atoms with Crippen LogP contribution in [0.3, 0.4) is 0 Å². The summed E-state index contributed by atoms with van der Waals surface area (Å²) in [6.45, 7) is 2.18. The summed E-state index contributed by atoms with van der Waals surface area (Å²) in [5.74, 6) is -0.972. The predicted octanol–water partition coefficient (Wildman–Crippen LogP) is 2.92. The Hall–Kier alpha value is -1.72. The standard InChI is InChI=1S/C10H16O3.C8H12O3/c1-2-13-10(12)7-8-5-3-4-6-9(8)11;9-7-4-2-1-3-6(7)5-8(10)11/h8H,2-7H2,1H3;6H,1-5H2,(H,10,11). The number of carbonyl (C=O) groups excluding carboxylic acids is 3. The Morgan fingerprint density at radius 1 is 0.958 bits per heavy atom. The SMILES string of the molecule is CCOC(=O)CC1CCCCC1=O.O=C(O)CC1CCCCC1=O. The second-order valence-electron chi connectivity index (χ2n) is 6.43. The minimum Gasteiger partial charge on any atom is -0.481 e. The summed E-state index contributed by atoms with van der Waals surface area (Å²) in [5, 5.41) is 8.43. The molecule has 2 atom stereocenters. The molecule has 0 spiro atoms. The van der Waals surface area contributed by atoms with Crippen LogP contribution in [0.4, 0.5) is 0 Å². The summed E-state index contributed by atoms with van der Waals surface area (Å²) in [6, 6.07) is 0. The molecule has 2 unspecified atom stereocenters. The average molecular weight is 340 g/mol. The number of carboxylic acid groups (broad SMARTS) is 1. The second-order valence-corrected chi connectivity index (χ2v) is 6.43. The Morgan fingerprint density at radius 3 is 1.88 bits per heavy atom. The van der Waals surface area contributed by atoms with E-state index in [0.717, 1.165) is 38.5 Å². The molecule has 2 fully saturated rings. The lowest BCUT2D eigenvalue weighted by Gasteiger charge is -2.19. The number of hydrogen-bond acceptors (Lipinski definition) is 5. The van der Waals surface area contributed by atoms with E-state index in [9.17, 15) is 19.2 Å². The molecule has 0 aromatic carbocycles. The van der Waals surface area contributed by atoms with Crippen molar-refractivity contribution < 1.29 is 29.0 Å². The van der Waals surface area contributed by atoms with E-state index in [2.05, 4.69) is 0 Å². The van der Waals surface area contributed by atoms with Gasteiger partial charge >= 0.3 is 11.9 Å². The number of carboxylic acids is 1. The summed E-state index contributed by atoms with van der Waals surface area (Å²) in [4.78, 5) is 43.7. The van der Waals surface area contributed by atoms with Gasteiger partial charge in [0.15, 0.2) is 0 Å². The first-order chi connectivity index (χ1) is 11.4. The molecule has 0 aliphatic heterocycles. The second kappa shape index (κ2) is 10.9.